The third kappa shape index (κ3) is 5.36. The van der Waals surface area contributed by atoms with E-state index in [0.29, 0.717) is 6.61 Å². The maximum absolute atomic E-state index is 12.0. The van der Waals surface area contributed by atoms with Crippen LogP contribution in [0.15, 0.2) is 0 Å². The average Bonchev–Trinajstić information content (AvgIpc) is 2.35. The zero-order valence-electron chi connectivity index (χ0n) is 12.8. The summed E-state index contributed by atoms with van der Waals surface area (Å²) >= 11 is 0. The van der Waals surface area contributed by atoms with Crippen LogP contribution in [0, 0.1) is 5.41 Å². The highest BCUT2D eigenvalue weighted by atomic mass is 16.5. The Morgan fingerprint density at radius 1 is 1.40 bits per heavy atom. The molecule has 0 aromatic heterocycles. The minimum absolute atomic E-state index is 0.0394. The Hall–Kier alpha value is -1.30. The molecule has 2 unspecified atom stereocenters. The van der Waals surface area contributed by atoms with Crippen LogP contribution in [0.2, 0.25) is 0 Å². The Morgan fingerprint density at radius 2 is 2.05 bits per heavy atom. The van der Waals surface area contributed by atoms with Crippen molar-refractivity contribution in [3.63, 3.8) is 0 Å². The van der Waals surface area contributed by atoms with Gasteiger partial charge in [-0.15, -0.1) is 0 Å². The number of aliphatic carboxylic acids is 1. The van der Waals surface area contributed by atoms with E-state index in [1.165, 1.54) is 4.90 Å². The van der Waals surface area contributed by atoms with Crippen LogP contribution in [-0.4, -0.2) is 54.4 Å². The van der Waals surface area contributed by atoms with Crippen molar-refractivity contribution in [3.05, 3.63) is 0 Å². The van der Waals surface area contributed by atoms with Gasteiger partial charge < -0.3 is 20.1 Å². The Balaban J connectivity index is 2.43. The molecule has 1 aliphatic rings. The average molecular weight is 286 g/mol. The van der Waals surface area contributed by atoms with Gasteiger partial charge >= 0.3 is 12.0 Å². The summed E-state index contributed by atoms with van der Waals surface area (Å²) in [5, 5.41) is 11.6. The molecular weight excluding hydrogens is 260 g/mol. The van der Waals surface area contributed by atoms with Gasteiger partial charge in [0, 0.05) is 26.2 Å². The lowest BCUT2D eigenvalue weighted by Crippen LogP contribution is -2.49. The molecular formula is C14H26N2O4. The number of nitrogens with zero attached hydrogens (tertiary/aromatic N) is 1. The van der Waals surface area contributed by atoms with Crippen molar-refractivity contribution in [1.82, 2.24) is 10.2 Å². The van der Waals surface area contributed by atoms with Crippen LogP contribution >= 0.6 is 0 Å². The normalized spacial score (nSPS) is 23.2. The third-order valence-electron chi connectivity index (χ3n) is 3.59. The first-order valence-electron chi connectivity index (χ1n) is 7.05. The fraction of sp³-hybridized carbons (Fsp3) is 0.857. The number of carboxylic acids is 1. The van der Waals surface area contributed by atoms with Crippen molar-refractivity contribution >= 4 is 12.0 Å². The molecule has 0 bridgehead atoms. The molecule has 1 heterocycles. The molecule has 0 radical (unpaired) electrons. The summed E-state index contributed by atoms with van der Waals surface area (Å²) in [6.45, 7) is 7.24. The first kappa shape index (κ1) is 16.8. The van der Waals surface area contributed by atoms with Crippen molar-refractivity contribution in [2.75, 3.05) is 20.2 Å². The van der Waals surface area contributed by atoms with E-state index in [1.807, 2.05) is 0 Å². The van der Waals surface area contributed by atoms with Gasteiger partial charge in [-0.05, 0) is 18.3 Å². The van der Waals surface area contributed by atoms with Gasteiger partial charge in [0.05, 0.1) is 12.5 Å². The second kappa shape index (κ2) is 6.92. The van der Waals surface area contributed by atoms with Crippen LogP contribution in [0.4, 0.5) is 4.79 Å². The summed E-state index contributed by atoms with van der Waals surface area (Å²) < 4.78 is 5.75. The van der Waals surface area contributed by atoms with E-state index in [4.69, 9.17) is 9.84 Å². The zero-order valence-corrected chi connectivity index (χ0v) is 12.8. The van der Waals surface area contributed by atoms with Gasteiger partial charge in [0.1, 0.15) is 0 Å². The number of hydrogen-bond donors (Lipinski definition) is 2. The smallest absolute Gasteiger partial charge is 0.317 e. The molecule has 2 N–H and O–H groups in total. The van der Waals surface area contributed by atoms with Crippen molar-refractivity contribution in [2.45, 2.75) is 52.2 Å². The highest BCUT2D eigenvalue weighted by molar-refractivity contribution is 5.75. The molecule has 1 saturated heterocycles. The summed E-state index contributed by atoms with van der Waals surface area (Å²) in [5.74, 6) is -0.900. The monoisotopic (exact) mass is 286 g/mol. The van der Waals surface area contributed by atoms with E-state index in [1.54, 1.807) is 7.05 Å². The molecule has 0 aliphatic carbocycles. The fourth-order valence-electron chi connectivity index (χ4n) is 2.18. The fourth-order valence-corrected chi connectivity index (χ4v) is 2.18. The SMILES string of the molecule is CN(CCC(=O)O)C(=O)NC1CCOC(C(C)(C)C)C1. The largest absolute Gasteiger partial charge is 0.481 e. The second-order valence-electron chi connectivity index (χ2n) is 6.46. The first-order chi connectivity index (χ1) is 9.20. The van der Waals surface area contributed by atoms with E-state index < -0.39 is 5.97 Å². The number of carbonyl (C=O) groups is 2. The van der Waals surface area contributed by atoms with E-state index in [2.05, 4.69) is 26.1 Å². The Bertz CT molecular complexity index is 352. The van der Waals surface area contributed by atoms with Crippen LogP contribution in [0.1, 0.15) is 40.0 Å². The van der Waals surface area contributed by atoms with E-state index in [0.717, 1.165) is 12.8 Å². The van der Waals surface area contributed by atoms with E-state index in [9.17, 15) is 9.59 Å². The van der Waals surface area contributed by atoms with Crippen LogP contribution in [0.25, 0.3) is 0 Å². The number of carbonyl (C=O) groups excluding carboxylic acids is 1. The molecule has 6 heteroatoms. The number of amides is 2. The van der Waals surface area contributed by atoms with Crippen LogP contribution < -0.4 is 5.32 Å². The number of rotatable bonds is 4. The number of carboxylic acid groups (broad SMARTS) is 1. The number of ether oxygens (including phenoxy) is 1. The minimum Gasteiger partial charge on any atom is -0.481 e. The minimum atomic E-state index is -0.900. The lowest BCUT2D eigenvalue weighted by Gasteiger charge is -2.38. The van der Waals surface area contributed by atoms with Crippen molar-refractivity contribution in [1.29, 1.82) is 0 Å². The number of hydrogen-bond acceptors (Lipinski definition) is 3. The highest BCUT2D eigenvalue weighted by Gasteiger charge is 2.32. The summed E-state index contributed by atoms with van der Waals surface area (Å²) in [6.07, 6.45) is 1.68. The van der Waals surface area contributed by atoms with Gasteiger partial charge in [0.2, 0.25) is 0 Å². The van der Waals surface area contributed by atoms with Crippen LogP contribution in [0.3, 0.4) is 0 Å². The predicted molar refractivity (Wildman–Crippen MR) is 75.6 cm³/mol. The first-order valence-corrected chi connectivity index (χ1v) is 7.05. The van der Waals surface area contributed by atoms with Gasteiger partial charge in [-0.2, -0.15) is 0 Å². The van der Waals surface area contributed by atoms with Gasteiger partial charge in [-0.1, -0.05) is 20.8 Å². The van der Waals surface area contributed by atoms with E-state index in [-0.39, 0.29) is 36.6 Å². The summed E-state index contributed by atoms with van der Waals surface area (Å²) in [5.41, 5.74) is 0.0542. The Kier molecular flexibility index (Phi) is 5.80. The molecule has 0 aromatic carbocycles. The van der Waals surface area contributed by atoms with Gasteiger partial charge in [-0.3, -0.25) is 4.79 Å². The van der Waals surface area contributed by atoms with E-state index >= 15 is 0 Å². The summed E-state index contributed by atoms with van der Waals surface area (Å²) in [4.78, 5) is 23.9. The summed E-state index contributed by atoms with van der Waals surface area (Å²) in [7, 11) is 1.61. The lowest BCUT2D eigenvalue weighted by molar-refractivity contribution is -0.137. The standard InChI is InChI=1S/C14H26N2O4/c1-14(2,3)11-9-10(6-8-20-11)15-13(19)16(4)7-5-12(17)18/h10-11H,5-9H2,1-4H3,(H,15,19)(H,17,18). The van der Waals surface area contributed by atoms with Crippen molar-refractivity contribution in [2.24, 2.45) is 5.41 Å². The number of urea groups is 1. The van der Waals surface area contributed by atoms with Gasteiger partial charge in [-0.25, -0.2) is 4.79 Å². The lowest BCUT2D eigenvalue weighted by atomic mass is 9.83. The van der Waals surface area contributed by atoms with Crippen LogP contribution in [0.5, 0.6) is 0 Å². The molecule has 116 valence electrons. The van der Waals surface area contributed by atoms with Crippen molar-refractivity contribution < 1.29 is 19.4 Å². The molecule has 1 rings (SSSR count). The third-order valence-corrected chi connectivity index (χ3v) is 3.59. The molecule has 0 spiro atoms. The van der Waals surface area contributed by atoms with Crippen LogP contribution in [-0.2, 0) is 9.53 Å². The predicted octanol–water partition coefficient (Wildman–Crippen LogP) is 1.70. The maximum Gasteiger partial charge on any atom is 0.317 e. The maximum atomic E-state index is 12.0. The Morgan fingerprint density at radius 3 is 2.60 bits per heavy atom. The topological polar surface area (TPSA) is 78.9 Å². The van der Waals surface area contributed by atoms with Gasteiger partial charge in [0.15, 0.2) is 0 Å². The molecule has 20 heavy (non-hydrogen) atoms. The summed E-state index contributed by atoms with van der Waals surface area (Å²) in [6, 6.07) is -0.126. The molecule has 2 atom stereocenters. The molecule has 1 aliphatic heterocycles. The van der Waals surface area contributed by atoms with Gasteiger partial charge in [0.25, 0.3) is 0 Å². The second-order valence-corrected chi connectivity index (χ2v) is 6.46. The van der Waals surface area contributed by atoms with Crippen molar-refractivity contribution in [3.8, 4) is 0 Å². The molecule has 0 aromatic rings. The molecule has 2 amide bonds. The Labute approximate surface area is 120 Å². The highest BCUT2D eigenvalue weighted by Crippen LogP contribution is 2.29. The molecule has 1 fully saturated rings. The quantitative estimate of drug-likeness (QED) is 0.824. The molecule has 6 nitrogen and oxygen atoms in total. The zero-order chi connectivity index (χ0) is 15.3. The number of nitrogens with one attached hydrogen (secondary N) is 1. The molecule has 0 saturated carbocycles.